The number of hydrogen-bond donors (Lipinski definition) is 2. The Kier molecular flexibility index (Phi) is 7.41. The Morgan fingerprint density at radius 3 is 2.40 bits per heavy atom. The summed E-state index contributed by atoms with van der Waals surface area (Å²) >= 11 is 0. The van der Waals surface area contributed by atoms with Crippen LogP contribution in [0.4, 0.5) is 5.69 Å². The molecular formula is C20H27N3O2. The number of nitrogens with two attached hydrogens (primary N) is 1. The molecule has 0 saturated carbocycles. The number of nitrogens with zero attached hydrogens (tertiary/aromatic N) is 2. The zero-order valence-corrected chi connectivity index (χ0v) is 14.8. The van der Waals surface area contributed by atoms with Crippen LogP contribution in [0.1, 0.15) is 48.2 Å². The van der Waals surface area contributed by atoms with Gasteiger partial charge in [0.05, 0.1) is 5.69 Å². The van der Waals surface area contributed by atoms with Crippen LogP contribution in [0.2, 0.25) is 0 Å². The Hall–Kier alpha value is -2.40. The summed E-state index contributed by atoms with van der Waals surface area (Å²) in [4.78, 5) is 18.4. The maximum absolute atomic E-state index is 12.4. The molecule has 25 heavy (non-hydrogen) atoms. The number of anilines is 1. The van der Waals surface area contributed by atoms with Crippen molar-refractivity contribution in [3.05, 3.63) is 59.9 Å². The minimum atomic E-state index is -0.0559. The summed E-state index contributed by atoms with van der Waals surface area (Å²) < 4.78 is 0. The van der Waals surface area contributed by atoms with Gasteiger partial charge in [0.15, 0.2) is 5.69 Å². The molecule has 1 aromatic heterocycles. The monoisotopic (exact) mass is 341 g/mol. The van der Waals surface area contributed by atoms with E-state index >= 15 is 0 Å². The Bertz CT molecular complexity index is 651. The number of hydrogen-bond acceptors (Lipinski definition) is 4. The zero-order valence-electron chi connectivity index (χ0n) is 14.8. The maximum Gasteiger partial charge on any atom is 0.274 e. The fraction of sp³-hybridized carbons (Fsp3) is 0.400. The normalized spacial score (nSPS) is 14.6. The molecule has 5 heteroatoms. The van der Waals surface area contributed by atoms with E-state index in [1.165, 1.54) is 5.56 Å². The number of carbonyl (C=O) groups is 1. The van der Waals surface area contributed by atoms with Crippen molar-refractivity contribution >= 4 is 11.6 Å². The number of pyridine rings is 1. The molecule has 2 aromatic rings. The first-order chi connectivity index (χ1) is 12.2. The third kappa shape index (κ3) is 5.29. The van der Waals surface area contributed by atoms with Crippen molar-refractivity contribution in [1.29, 1.82) is 0 Å². The van der Waals surface area contributed by atoms with Crippen LogP contribution in [0.3, 0.4) is 0 Å². The summed E-state index contributed by atoms with van der Waals surface area (Å²) in [7, 11) is 0. The number of aliphatic hydroxyl groups is 1. The van der Waals surface area contributed by atoms with Gasteiger partial charge in [-0.3, -0.25) is 4.79 Å². The number of nitrogen functional groups attached to an aromatic ring is 1. The number of benzene rings is 1. The van der Waals surface area contributed by atoms with Crippen molar-refractivity contribution in [1.82, 2.24) is 9.88 Å². The second kappa shape index (κ2) is 9.79. The standard InChI is InChI=1S/C17H19N3O.C3H8O/c18-15-7-4-10-19-16(15)17(21)20-11-8-14(9-12-20)13-5-2-1-3-6-13;1-2-3-4/h1-7,10,14H,8-9,11-12,18H2;4H,2-3H2,1H3. The molecular weight excluding hydrogens is 314 g/mol. The van der Waals surface area contributed by atoms with Gasteiger partial charge in [-0.2, -0.15) is 0 Å². The molecule has 1 amide bonds. The van der Waals surface area contributed by atoms with E-state index in [4.69, 9.17) is 10.8 Å². The molecule has 0 unspecified atom stereocenters. The number of aliphatic hydroxyl groups excluding tert-OH is 1. The molecule has 0 atom stereocenters. The summed E-state index contributed by atoms with van der Waals surface area (Å²) in [6.45, 7) is 3.77. The fourth-order valence-electron chi connectivity index (χ4n) is 2.89. The Labute approximate surface area is 149 Å². The molecule has 2 heterocycles. The first-order valence-electron chi connectivity index (χ1n) is 8.83. The summed E-state index contributed by atoms with van der Waals surface area (Å²) in [5.41, 5.74) is 8.02. The van der Waals surface area contributed by atoms with Gasteiger partial charge < -0.3 is 15.7 Å². The molecule has 3 rings (SSSR count). The van der Waals surface area contributed by atoms with E-state index in [9.17, 15) is 4.79 Å². The lowest BCUT2D eigenvalue weighted by molar-refractivity contribution is 0.0708. The molecule has 1 aliphatic heterocycles. The summed E-state index contributed by atoms with van der Waals surface area (Å²) in [6.07, 6.45) is 4.46. The minimum absolute atomic E-state index is 0.0559. The Morgan fingerprint density at radius 2 is 1.84 bits per heavy atom. The van der Waals surface area contributed by atoms with E-state index in [0.29, 0.717) is 23.9 Å². The topological polar surface area (TPSA) is 79.5 Å². The van der Waals surface area contributed by atoms with Gasteiger partial charge in [0, 0.05) is 25.9 Å². The highest BCUT2D eigenvalue weighted by molar-refractivity contribution is 5.97. The summed E-state index contributed by atoms with van der Waals surface area (Å²) in [5, 5.41) is 7.88. The fourth-order valence-corrected chi connectivity index (χ4v) is 2.89. The van der Waals surface area contributed by atoms with E-state index in [0.717, 1.165) is 32.4 Å². The van der Waals surface area contributed by atoms with Crippen LogP contribution in [0.15, 0.2) is 48.7 Å². The van der Waals surface area contributed by atoms with Gasteiger partial charge in [0.1, 0.15) is 0 Å². The second-order valence-corrected chi connectivity index (χ2v) is 6.14. The van der Waals surface area contributed by atoms with E-state index < -0.39 is 0 Å². The van der Waals surface area contributed by atoms with E-state index in [1.807, 2.05) is 17.9 Å². The highest BCUT2D eigenvalue weighted by Gasteiger charge is 2.25. The molecule has 0 radical (unpaired) electrons. The minimum Gasteiger partial charge on any atom is -0.397 e. The molecule has 5 nitrogen and oxygen atoms in total. The third-order valence-electron chi connectivity index (χ3n) is 4.32. The molecule has 3 N–H and O–H groups in total. The molecule has 0 aliphatic carbocycles. The van der Waals surface area contributed by atoms with Crippen molar-refractivity contribution < 1.29 is 9.90 Å². The Balaban J connectivity index is 0.000000511. The quantitative estimate of drug-likeness (QED) is 0.899. The maximum atomic E-state index is 12.4. The molecule has 1 aliphatic rings. The highest BCUT2D eigenvalue weighted by Crippen LogP contribution is 2.28. The first kappa shape index (κ1) is 18.9. The number of amides is 1. The van der Waals surface area contributed by atoms with E-state index in [-0.39, 0.29) is 5.91 Å². The van der Waals surface area contributed by atoms with Gasteiger partial charge in [0.2, 0.25) is 0 Å². The van der Waals surface area contributed by atoms with E-state index in [2.05, 4.69) is 29.2 Å². The van der Waals surface area contributed by atoms with Gasteiger partial charge in [-0.25, -0.2) is 4.98 Å². The Morgan fingerprint density at radius 1 is 1.20 bits per heavy atom. The lowest BCUT2D eigenvalue weighted by Crippen LogP contribution is -2.38. The number of aromatic nitrogens is 1. The first-order valence-corrected chi connectivity index (χ1v) is 8.83. The number of piperidine rings is 1. The lowest BCUT2D eigenvalue weighted by Gasteiger charge is -2.32. The highest BCUT2D eigenvalue weighted by atomic mass is 16.2. The van der Waals surface area contributed by atoms with Crippen LogP contribution in [0, 0.1) is 0 Å². The van der Waals surface area contributed by atoms with Gasteiger partial charge in [-0.15, -0.1) is 0 Å². The summed E-state index contributed by atoms with van der Waals surface area (Å²) in [6, 6.07) is 14.0. The van der Waals surface area contributed by atoms with Gasteiger partial charge in [-0.05, 0) is 42.9 Å². The summed E-state index contributed by atoms with van der Waals surface area (Å²) in [5.74, 6) is 0.482. The van der Waals surface area contributed by atoms with Crippen LogP contribution in [0.25, 0.3) is 0 Å². The predicted molar refractivity (Wildman–Crippen MR) is 100 cm³/mol. The van der Waals surface area contributed by atoms with Crippen LogP contribution in [0.5, 0.6) is 0 Å². The number of likely N-dealkylation sites (tertiary alicyclic amines) is 1. The molecule has 134 valence electrons. The molecule has 1 fully saturated rings. The van der Waals surface area contributed by atoms with Crippen molar-refractivity contribution in [2.75, 3.05) is 25.4 Å². The van der Waals surface area contributed by atoms with Crippen molar-refractivity contribution in [2.45, 2.75) is 32.1 Å². The lowest BCUT2D eigenvalue weighted by atomic mass is 9.89. The molecule has 1 saturated heterocycles. The number of carbonyl (C=O) groups excluding carboxylic acids is 1. The SMILES string of the molecule is CCCO.Nc1cccnc1C(=O)N1CCC(c2ccccc2)CC1. The zero-order chi connectivity index (χ0) is 18.1. The number of rotatable bonds is 3. The van der Waals surface area contributed by atoms with Crippen molar-refractivity contribution in [2.24, 2.45) is 0 Å². The average Bonchev–Trinajstić information content (AvgIpc) is 2.69. The molecule has 0 spiro atoms. The molecule has 0 bridgehead atoms. The van der Waals surface area contributed by atoms with E-state index in [1.54, 1.807) is 18.3 Å². The third-order valence-corrected chi connectivity index (χ3v) is 4.32. The predicted octanol–water partition coefficient (Wildman–Crippen LogP) is 3.07. The van der Waals surface area contributed by atoms with Crippen LogP contribution in [-0.2, 0) is 0 Å². The van der Waals surface area contributed by atoms with Crippen LogP contribution >= 0.6 is 0 Å². The van der Waals surface area contributed by atoms with Gasteiger partial charge in [0.25, 0.3) is 5.91 Å². The largest absolute Gasteiger partial charge is 0.397 e. The van der Waals surface area contributed by atoms with Crippen LogP contribution < -0.4 is 5.73 Å². The molecule has 1 aromatic carbocycles. The smallest absolute Gasteiger partial charge is 0.274 e. The van der Waals surface area contributed by atoms with Crippen LogP contribution in [-0.4, -0.2) is 40.6 Å². The van der Waals surface area contributed by atoms with Crippen molar-refractivity contribution in [3.8, 4) is 0 Å². The van der Waals surface area contributed by atoms with Gasteiger partial charge in [-0.1, -0.05) is 37.3 Å². The average molecular weight is 341 g/mol. The van der Waals surface area contributed by atoms with Crippen molar-refractivity contribution in [3.63, 3.8) is 0 Å². The van der Waals surface area contributed by atoms with Gasteiger partial charge >= 0.3 is 0 Å². The second-order valence-electron chi connectivity index (χ2n) is 6.14.